The number of carbonyl (C=O) groups excluding carboxylic acids is 2. The molecule has 1 saturated carbocycles. The van der Waals surface area contributed by atoms with E-state index in [4.69, 9.17) is 16.3 Å². The summed E-state index contributed by atoms with van der Waals surface area (Å²) < 4.78 is 74.5. The topological polar surface area (TPSA) is 175 Å². The summed E-state index contributed by atoms with van der Waals surface area (Å²) in [7, 11) is 0. The Bertz CT molecular complexity index is 1920. The third-order valence-electron chi connectivity index (χ3n) is 8.31. The standard InChI is InChI=1S/C32H30ClF5N8O5/c1-29(2,3)15-31(19-7-4-17(13-39)5-8-19)25(47)45(26(43-31)42-27(48)49)22(14-51-28(50)44-30(10-11-30)32(36,37)38)18-6-9-20(33)21(12-18)46-24(23(34)35)40-16-41-46/h4-9,12,16,22-23H,10-11,14-15H2,1-3H3,(H,42,43)(H,44,50)(H,48,49)/t22-,31?/m1/s1. The van der Waals surface area contributed by atoms with Gasteiger partial charge in [-0.1, -0.05) is 50.6 Å². The van der Waals surface area contributed by atoms with E-state index in [1.807, 2.05) is 32.2 Å². The first-order valence-corrected chi connectivity index (χ1v) is 15.6. The van der Waals surface area contributed by atoms with E-state index in [-0.39, 0.29) is 41.1 Å². The lowest BCUT2D eigenvalue weighted by Crippen LogP contribution is -2.49. The molecule has 3 aromatic rings. The zero-order valence-corrected chi connectivity index (χ0v) is 27.9. The predicted octanol–water partition coefficient (Wildman–Crippen LogP) is 6.39. The second-order valence-electron chi connectivity index (χ2n) is 13.2. The smallest absolute Gasteiger partial charge is 0.434 e. The molecule has 1 unspecified atom stereocenters. The Balaban J connectivity index is 1.66. The zero-order chi connectivity index (χ0) is 37.5. The van der Waals surface area contributed by atoms with Crippen molar-refractivity contribution in [2.45, 2.75) is 69.8 Å². The molecule has 2 aromatic carbocycles. The van der Waals surface area contributed by atoms with Gasteiger partial charge in [0.05, 0.1) is 28.4 Å². The predicted molar refractivity (Wildman–Crippen MR) is 169 cm³/mol. The summed E-state index contributed by atoms with van der Waals surface area (Å²) in [6, 6.07) is 10.1. The van der Waals surface area contributed by atoms with Crippen LogP contribution in [0.1, 0.15) is 75.0 Å². The van der Waals surface area contributed by atoms with Crippen LogP contribution in [0.3, 0.4) is 0 Å². The highest BCUT2D eigenvalue weighted by Gasteiger charge is 2.65. The monoisotopic (exact) mass is 736 g/mol. The maximum absolute atomic E-state index is 14.9. The van der Waals surface area contributed by atoms with Gasteiger partial charge in [-0.15, -0.1) is 4.99 Å². The lowest BCUT2D eigenvalue weighted by Gasteiger charge is -2.35. The van der Waals surface area contributed by atoms with Crippen LogP contribution in [0.25, 0.3) is 5.69 Å². The summed E-state index contributed by atoms with van der Waals surface area (Å²) >= 11 is 6.37. The van der Waals surface area contributed by atoms with Crippen LogP contribution in [0.5, 0.6) is 0 Å². The number of nitriles is 1. The number of alkyl halides is 5. The minimum absolute atomic E-state index is 0.00880. The van der Waals surface area contributed by atoms with Crippen LogP contribution < -0.4 is 10.6 Å². The van der Waals surface area contributed by atoms with Gasteiger partial charge < -0.3 is 20.5 Å². The first kappa shape index (κ1) is 37.0. The van der Waals surface area contributed by atoms with Crippen molar-refractivity contribution in [1.82, 2.24) is 30.3 Å². The van der Waals surface area contributed by atoms with Crippen LogP contribution in [0.4, 0.5) is 31.5 Å². The second kappa shape index (κ2) is 13.4. The summed E-state index contributed by atoms with van der Waals surface area (Å²) in [5.41, 5.74) is -4.44. The van der Waals surface area contributed by atoms with Gasteiger partial charge in [0.1, 0.15) is 24.0 Å². The largest absolute Gasteiger partial charge is 0.463 e. The Morgan fingerprint density at radius 1 is 1.18 bits per heavy atom. The maximum atomic E-state index is 14.9. The average molecular weight is 737 g/mol. The number of hydrogen-bond donors (Lipinski definition) is 3. The van der Waals surface area contributed by atoms with Crippen molar-refractivity contribution in [2.24, 2.45) is 10.4 Å². The van der Waals surface area contributed by atoms with Crippen molar-refractivity contribution in [2.75, 3.05) is 6.61 Å². The molecule has 51 heavy (non-hydrogen) atoms. The number of halogens is 6. The number of aliphatic imine (C=N–C) groups is 1. The number of ether oxygens (including phenoxy) is 1. The Morgan fingerprint density at radius 2 is 1.84 bits per heavy atom. The fourth-order valence-corrected chi connectivity index (χ4v) is 6.10. The third kappa shape index (κ3) is 7.43. The minimum atomic E-state index is -4.78. The summed E-state index contributed by atoms with van der Waals surface area (Å²) in [6.45, 7) is 4.57. The summed E-state index contributed by atoms with van der Waals surface area (Å²) in [6.07, 6.45) is -11.0. The molecule has 270 valence electrons. The molecule has 0 radical (unpaired) electrons. The van der Waals surface area contributed by atoms with Crippen molar-refractivity contribution in [3.05, 3.63) is 76.3 Å². The van der Waals surface area contributed by atoms with Crippen molar-refractivity contribution >= 4 is 35.7 Å². The number of carboxylic acid groups (broad SMARTS) is 1. The van der Waals surface area contributed by atoms with E-state index >= 15 is 0 Å². The summed E-state index contributed by atoms with van der Waals surface area (Å²) in [5, 5.41) is 27.6. The van der Waals surface area contributed by atoms with Gasteiger partial charge >= 0.3 is 18.4 Å². The molecule has 2 fully saturated rings. The van der Waals surface area contributed by atoms with E-state index in [9.17, 15) is 46.7 Å². The van der Waals surface area contributed by atoms with Gasteiger partial charge in [-0.3, -0.25) is 9.69 Å². The van der Waals surface area contributed by atoms with Crippen molar-refractivity contribution in [3.63, 3.8) is 0 Å². The number of carbonyl (C=O) groups is 3. The molecule has 1 aromatic heterocycles. The third-order valence-corrected chi connectivity index (χ3v) is 8.63. The molecule has 13 nitrogen and oxygen atoms in total. The zero-order valence-electron chi connectivity index (χ0n) is 27.1. The van der Waals surface area contributed by atoms with Crippen molar-refractivity contribution in [3.8, 4) is 11.8 Å². The fraction of sp³-hybridized carbons (Fsp3) is 0.406. The number of amides is 3. The first-order chi connectivity index (χ1) is 23.8. The van der Waals surface area contributed by atoms with E-state index in [1.54, 1.807) is 0 Å². The molecule has 2 aliphatic rings. The van der Waals surface area contributed by atoms with Crippen LogP contribution >= 0.6 is 11.6 Å². The average Bonchev–Trinajstić information content (AvgIpc) is 3.58. The normalized spacial score (nSPS) is 19.8. The van der Waals surface area contributed by atoms with Gasteiger partial charge in [-0.05, 0) is 60.1 Å². The van der Waals surface area contributed by atoms with Crippen LogP contribution in [-0.4, -0.2) is 67.1 Å². The Kier molecular flexibility index (Phi) is 9.73. The minimum Gasteiger partial charge on any atom is -0.463 e. The number of benzene rings is 2. The quantitative estimate of drug-likeness (QED) is 0.210. The van der Waals surface area contributed by atoms with Gasteiger partial charge in [0.25, 0.3) is 12.3 Å². The molecule has 1 aliphatic carbocycles. The maximum Gasteiger partial charge on any atom is 0.434 e. The number of hydrogen-bond acceptors (Lipinski definition) is 7. The highest BCUT2D eigenvalue weighted by atomic mass is 35.5. The summed E-state index contributed by atoms with van der Waals surface area (Å²) in [4.78, 5) is 47.8. The molecule has 3 amide bonds. The van der Waals surface area contributed by atoms with E-state index in [0.29, 0.717) is 5.56 Å². The van der Waals surface area contributed by atoms with Crippen molar-refractivity contribution < 1.29 is 46.2 Å². The van der Waals surface area contributed by atoms with Gasteiger partial charge in [-0.2, -0.15) is 23.5 Å². The number of aromatic nitrogens is 3. The van der Waals surface area contributed by atoms with E-state index in [1.165, 1.54) is 42.5 Å². The molecule has 0 spiro atoms. The number of rotatable bonds is 9. The highest BCUT2D eigenvalue weighted by molar-refractivity contribution is 6.32. The molecule has 2 heterocycles. The van der Waals surface area contributed by atoms with Crippen LogP contribution in [-0.2, 0) is 15.1 Å². The lowest BCUT2D eigenvalue weighted by molar-refractivity contribution is -0.164. The lowest BCUT2D eigenvalue weighted by atomic mass is 9.75. The van der Waals surface area contributed by atoms with Crippen LogP contribution in [0.15, 0.2) is 53.8 Å². The number of guanidine groups is 1. The van der Waals surface area contributed by atoms with E-state index < -0.39 is 71.6 Å². The van der Waals surface area contributed by atoms with E-state index in [2.05, 4.69) is 20.4 Å². The van der Waals surface area contributed by atoms with Gasteiger partial charge in [0.2, 0.25) is 5.96 Å². The molecule has 0 bridgehead atoms. The Labute approximate surface area is 292 Å². The first-order valence-electron chi connectivity index (χ1n) is 15.2. The van der Waals surface area contributed by atoms with Crippen LogP contribution in [0, 0.1) is 16.7 Å². The molecule has 3 N–H and O–H groups in total. The fourth-order valence-electron chi connectivity index (χ4n) is 5.90. The number of nitrogens with zero attached hydrogens (tertiary/aromatic N) is 6. The molecule has 2 atom stereocenters. The van der Waals surface area contributed by atoms with Gasteiger partial charge in [0, 0.05) is 0 Å². The molecule has 1 aliphatic heterocycles. The molecule has 19 heteroatoms. The molecule has 5 rings (SSSR count). The Hall–Kier alpha value is -5.31. The van der Waals surface area contributed by atoms with Gasteiger partial charge in [-0.25, -0.2) is 28.0 Å². The van der Waals surface area contributed by atoms with Crippen molar-refractivity contribution in [1.29, 1.82) is 5.26 Å². The van der Waals surface area contributed by atoms with Crippen LogP contribution in [0.2, 0.25) is 5.02 Å². The second-order valence-corrected chi connectivity index (χ2v) is 13.6. The molecular formula is C32H30ClF5N8O5. The Morgan fingerprint density at radius 3 is 2.39 bits per heavy atom. The number of nitrogens with one attached hydrogen (secondary N) is 2. The SMILES string of the molecule is CC(C)(C)CC1(c2ccc(C#N)cc2)NC(=NC(=O)O)N([C@H](COC(=O)NC2(C(F)(F)F)CC2)c2ccc(Cl)c(-n3ncnc3C(F)F)c2)C1=O. The highest BCUT2D eigenvalue weighted by Crippen LogP contribution is 2.49. The molecule has 1 saturated heterocycles. The molecular weight excluding hydrogens is 707 g/mol. The van der Waals surface area contributed by atoms with E-state index in [0.717, 1.165) is 15.9 Å². The van der Waals surface area contributed by atoms with Gasteiger partial charge in [0.15, 0.2) is 5.82 Å². The number of alkyl carbamates (subject to hydrolysis) is 1. The summed E-state index contributed by atoms with van der Waals surface area (Å²) in [5.74, 6) is -2.13.